The highest BCUT2D eigenvalue weighted by atomic mass is 127. The summed E-state index contributed by atoms with van der Waals surface area (Å²) in [6, 6.07) is 13.7. The Morgan fingerprint density at radius 3 is 2.60 bits per heavy atom. The maximum absolute atomic E-state index is 6.45. The topological polar surface area (TPSA) is 42.7 Å². The lowest BCUT2D eigenvalue weighted by Crippen LogP contribution is -2.20. The van der Waals surface area contributed by atoms with Crippen molar-refractivity contribution in [2.45, 2.75) is 13.0 Å². The van der Waals surface area contributed by atoms with Crippen molar-refractivity contribution in [1.29, 1.82) is 0 Å². The van der Waals surface area contributed by atoms with E-state index in [0.717, 1.165) is 16.8 Å². The summed E-state index contributed by atoms with van der Waals surface area (Å²) >= 11 is 14.8. The number of rotatable bonds is 2. The molecule has 25 heavy (non-hydrogen) atoms. The molecule has 1 aliphatic heterocycles. The van der Waals surface area contributed by atoms with E-state index in [4.69, 9.17) is 23.2 Å². The van der Waals surface area contributed by atoms with Crippen LogP contribution in [0.3, 0.4) is 0 Å². The largest absolute Gasteiger partial charge is 0.324 e. The van der Waals surface area contributed by atoms with Crippen molar-refractivity contribution in [3.63, 3.8) is 0 Å². The van der Waals surface area contributed by atoms with Crippen LogP contribution < -0.4 is 5.32 Å². The molecule has 7 heteroatoms. The maximum atomic E-state index is 6.45. The van der Waals surface area contributed by atoms with Gasteiger partial charge in [0.25, 0.3) is 0 Å². The molecule has 0 fully saturated rings. The highest BCUT2D eigenvalue weighted by Crippen LogP contribution is 2.36. The molecule has 0 bridgehead atoms. The Hall–Kier alpha value is -1.57. The summed E-state index contributed by atoms with van der Waals surface area (Å²) in [6.45, 7) is 1.87. The zero-order valence-corrected chi connectivity index (χ0v) is 16.8. The fourth-order valence-electron chi connectivity index (χ4n) is 2.86. The van der Waals surface area contributed by atoms with Crippen molar-refractivity contribution in [2.75, 3.05) is 5.32 Å². The Morgan fingerprint density at radius 2 is 1.88 bits per heavy atom. The van der Waals surface area contributed by atoms with E-state index in [1.807, 2.05) is 23.7 Å². The molecule has 4 rings (SSSR count). The summed E-state index contributed by atoms with van der Waals surface area (Å²) in [5, 5.41) is 9.10. The third-order valence-electron chi connectivity index (χ3n) is 4.01. The van der Waals surface area contributed by atoms with E-state index in [0.29, 0.717) is 21.8 Å². The molecule has 0 saturated heterocycles. The van der Waals surface area contributed by atoms with Gasteiger partial charge in [-0.25, -0.2) is 4.68 Å². The summed E-state index contributed by atoms with van der Waals surface area (Å²) < 4.78 is 3.04. The lowest BCUT2D eigenvalue weighted by atomic mass is 10.0. The van der Waals surface area contributed by atoms with E-state index >= 15 is 0 Å². The smallest absolute Gasteiger partial charge is 0.226 e. The van der Waals surface area contributed by atoms with Gasteiger partial charge >= 0.3 is 0 Å². The Morgan fingerprint density at radius 1 is 1.12 bits per heavy atom. The van der Waals surface area contributed by atoms with Crippen LogP contribution in [0.5, 0.6) is 0 Å². The van der Waals surface area contributed by atoms with Gasteiger partial charge in [0.1, 0.15) is 11.9 Å². The lowest BCUT2D eigenvalue weighted by Gasteiger charge is -2.25. The Labute approximate surface area is 169 Å². The second-order valence-electron chi connectivity index (χ2n) is 5.75. The number of fused-ring (bicyclic) bond motifs is 1. The van der Waals surface area contributed by atoms with E-state index in [1.165, 1.54) is 3.57 Å². The van der Waals surface area contributed by atoms with Crippen LogP contribution in [0.15, 0.2) is 48.5 Å². The molecule has 1 aromatic heterocycles. The minimum Gasteiger partial charge on any atom is -0.324 e. The van der Waals surface area contributed by atoms with Gasteiger partial charge in [-0.2, -0.15) is 10.1 Å². The third kappa shape index (κ3) is 3.28. The van der Waals surface area contributed by atoms with Crippen LogP contribution in [0.2, 0.25) is 10.0 Å². The van der Waals surface area contributed by atoms with Gasteiger partial charge in [-0.05, 0) is 71.0 Å². The summed E-state index contributed by atoms with van der Waals surface area (Å²) in [4.78, 5) is 4.50. The van der Waals surface area contributed by atoms with Gasteiger partial charge in [0.15, 0.2) is 0 Å². The molecule has 0 aliphatic carbocycles. The van der Waals surface area contributed by atoms with Crippen molar-refractivity contribution in [2.24, 2.45) is 0 Å². The fourth-order valence-corrected chi connectivity index (χ4v) is 3.74. The normalized spacial score (nSPS) is 16.2. The molecule has 0 saturated carbocycles. The number of hydrogen-bond acceptors (Lipinski definition) is 3. The zero-order chi connectivity index (χ0) is 17.6. The molecule has 3 aromatic rings. The van der Waals surface area contributed by atoms with Crippen molar-refractivity contribution in [1.82, 2.24) is 14.8 Å². The number of benzene rings is 2. The second-order valence-corrected chi connectivity index (χ2v) is 7.84. The van der Waals surface area contributed by atoms with Gasteiger partial charge in [0.2, 0.25) is 5.95 Å². The van der Waals surface area contributed by atoms with Crippen LogP contribution >= 0.6 is 45.8 Å². The Kier molecular flexibility index (Phi) is 4.47. The Balaban J connectivity index is 1.85. The number of aromatic nitrogens is 3. The molecule has 126 valence electrons. The number of nitrogens with zero attached hydrogens (tertiary/aromatic N) is 3. The first-order valence-electron chi connectivity index (χ1n) is 7.64. The fraction of sp³-hybridized carbons (Fsp3) is 0.111. The average Bonchev–Trinajstić information content (AvgIpc) is 2.95. The average molecular weight is 483 g/mol. The van der Waals surface area contributed by atoms with Crippen molar-refractivity contribution in [3.8, 4) is 0 Å². The van der Waals surface area contributed by atoms with E-state index < -0.39 is 0 Å². The zero-order valence-electron chi connectivity index (χ0n) is 13.2. The summed E-state index contributed by atoms with van der Waals surface area (Å²) in [7, 11) is 0. The lowest BCUT2D eigenvalue weighted by molar-refractivity contribution is 0.607. The van der Waals surface area contributed by atoms with Crippen molar-refractivity contribution in [3.05, 3.63) is 79.1 Å². The summed E-state index contributed by atoms with van der Waals surface area (Å²) in [5.74, 6) is 1.40. The van der Waals surface area contributed by atoms with E-state index in [1.54, 1.807) is 6.07 Å². The molecular weight excluding hydrogens is 470 g/mol. The molecule has 1 aliphatic rings. The van der Waals surface area contributed by atoms with Gasteiger partial charge in [0.05, 0.1) is 0 Å². The molecule has 0 unspecified atom stereocenters. The number of nitrogens with one attached hydrogen (secondary N) is 1. The van der Waals surface area contributed by atoms with Crippen molar-refractivity contribution >= 4 is 57.4 Å². The van der Waals surface area contributed by atoms with Crippen LogP contribution in [-0.2, 0) is 0 Å². The minimum atomic E-state index is -0.156. The number of allylic oxidation sites excluding steroid dienone is 1. The van der Waals surface area contributed by atoms with Crippen LogP contribution in [0.1, 0.15) is 23.0 Å². The van der Waals surface area contributed by atoms with Gasteiger partial charge in [0, 0.05) is 19.3 Å². The van der Waals surface area contributed by atoms with Gasteiger partial charge < -0.3 is 5.32 Å². The first-order valence-corrected chi connectivity index (χ1v) is 9.47. The maximum Gasteiger partial charge on any atom is 0.226 e. The second kappa shape index (κ2) is 6.63. The highest BCUT2D eigenvalue weighted by Gasteiger charge is 2.26. The molecule has 2 heterocycles. The van der Waals surface area contributed by atoms with E-state index in [-0.39, 0.29) is 6.04 Å². The molecule has 0 radical (unpaired) electrons. The van der Waals surface area contributed by atoms with Crippen molar-refractivity contribution < 1.29 is 0 Å². The summed E-state index contributed by atoms with van der Waals surface area (Å²) in [6.07, 6.45) is 2.11. The van der Waals surface area contributed by atoms with Crippen LogP contribution in [0, 0.1) is 10.5 Å². The van der Waals surface area contributed by atoms with Crippen LogP contribution in [0.25, 0.3) is 5.70 Å². The number of halogens is 3. The highest BCUT2D eigenvalue weighted by molar-refractivity contribution is 14.1. The van der Waals surface area contributed by atoms with Gasteiger partial charge in [-0.15, -0.1) is 0 Å². The van der Waals surface area contributed by atoms with Crippen LogP contribution in [-0.4, -0.2) is 14.8 Å². The van der Waals surface area contributed by atoms with Gasteiger partial charge in [-0.3, -0.25) is 0 Å². The molecule has 0 spiro atoms. The third-order valence-corrected chi connectivity index (χ3v) is 5.29. The van der Waals surface area contributed by atoms with E-state index in [9.17, 15) is 0 Å². The monoisotopic (exact) mass is 482 g/mol. The predicted octanol–water partition coefficient (Wildman–Crippen LogP) is 5.55. The Bertz CT molecular complexity index is 979. The first kappa shape index (κ1) is 16.9. The molecular formula is C18H13Cl2IN4. The predicted molar refractivity (Wildman–Crippen MR) is 110 cm³/mol. The van der Waals surface area contributed by atoms with Gasteiger partial charge in [-0.1, -0.05) is 41.4 Å². The van der Waals surface area contributed by atoms with Crippen LogP contribution in [0.4, 0.5) is 5.95 Å². The SMILES string of the molecule is Cc1nc2n(n1)[C@@H](c1ccc(Cl)cc1Cl)C=C(c1ccc(I)cc1)N2. The summed E-state index contributed by atoms with van der Waals surface area (Å²) in [5.41, 5.74) is 3.00. The molecule has 4 nitrogen and oxygen atoms in total. The quantitative estimate of drug-likeness (QED) is 0.486. The number of hydrogen-bond donors (Lipinski definition) is 1. The molecule has 1 atom stereocenters. The molecule has 0 amide bonds. The molecule has 1 N–H and O–H groups in total. The minimum absolute atomic E-state index is 0.156. The first-order chi connectivity index (χ1) is 12.0. The molecule has 2 aromatic carbocycles. The number of anilines is 1. The number of aryl methyl sites for hydroxylation is 1. The standard InChI is InChI=1S/C18H13Cl2IN4/c1-10-22-18-23-16(11-2-5-13(21)6-3-11)9-17(25(18)24-10)14-7-4-12(19)8-15(14)20/h2-9,17H,1H3,(H,22,23,24)/t17-/m1/s1. The van der Waals surface area contributed by atoms with E-state index in [2.05, 4.69) is 68.3 Å².